The van der Waals surface area contributed by atoms with E-state index in [1.807, 2.05) is 32.0 Å². The number of Topliss-reactive ketones (excluding diaryl/α,β-unsaturated/α-hetero) is 2. The van der Waals surface area contributed by atoms with E-state index in [0.717, 1.165) is 6.42 Å². The molecule has 0 aliphatic rings. The quantitative estimate of drug-likeness (QED) is 0.817. The fraction of sp³-hybridized carbons (Fsp3) is 0.556. The van der Waals surface area contributed by atoms with E-state index in [1.54, 1.807) is 19.4 Å². The summed E-state index contributed by atoms with van der Waals surface area (Å²) in [5, 5.41) is 0. The monoisotopic (exact) mass is 328 g/mol. The summed E-state index contributed by atoms with van der Waals surface area (Å²) in [6.07, 6.45) is 4.00. The molecule has 0 fully saturated rings. The Morgan fingerprint density at radius 3 is 1.41 bits per heavy atom. The molecule has 0 bridgehead atoms. The fourth-order valence-corrected chi connectivity index (χ4v) is 1.11. The van der Waals surface area contributed by atoms with Crippen molar-refractivity contribution in [1.82, 2.24) is 0 Å². The molecule has 0 saturated carbocycles. The van der Waals surface area contributed by atoms with Crippen LogP contribution in [0.15, 0.2) is 30.3 Å². The Hall–Kier alpha value is -1.29. The van der Waals surface area contributed by atoms with Gasteiger partial charge in [0.25, 0.3) is 0 Å². The Balaban J connectivity index is -0.000000228. The van der Waals surface area contributed by atoms with E-state index in [4.69, 9.17) is 0 Å². The van der Waals surface area contributed by atoms with Crippen LogP contribution in [0.2, 0.25) is 0 Å². The standard InChI is InChI=1S/C7H8.C6H12O.C3H6O.C2H6OS/c1-7-5-3-2-4-6-7;1-5(2)4-6(3)7;1-3(2)4;1-4(2)3/h2-6H,1H3;5H,4H2,1-3H3;2*1-2H3. The lowest BCUT2D eigenvalue weighted by atomic mass is 10.1. The van der Waals surface area contributed by atoms with Crippen LogP contribution in [-0.4, -0.2) is 28.3 Å². The molecule has 0 amide bonds. The second-order valence-electron chi connectivity index (χ2n) is 5.60. The van der Waals surface area contributed by atoms with Crippen molar-refractivity contribution in [1.29, 1.82) is 0 Å². The molecule has 0 radical (unpaired) electrons. The van der Waals surface area contributed by atoms with Gasteiger partial charge in [-0.3, -0.25) is 4.21 Å². The van der Waals surface area contributed by atoms with Crippen molar-refractivity contribution < 1.29 is 13.8 Å². The number of hydrogen-bond donors (Lipinski definition) is 0. The number of ketones is 2. The molecule has 0 N–H and O–H groups in total. The van der Waals surface area contributed by atoms with E-state index in [9.17, 15) is 13.8 Å². The van der Waals surface area contributed by atoms with E-state index in [1.165, 1.54) is 19.4 Å². The van der Waals surface area contributed by atoms with Gasteiger partial charge >= 0.3 is 0 Å². The number of aryl methyl sites for hydroxylation is 1. The summed E-state index contributed by atoms with van der Waals surface area (Å²) in [5.41, 5.74) is 1.32. The Morgan fingerprint density at radius 1 is 1.00 bits per heavy atom. The molecule has 0 saturated heterocycles. The molecule has 3 nitrogen and oxygen atoms in total. The van der Waals surface area contributed by atoms with Crippen LogP contribution in [0.3, 0.4) is 0 Å². The number of rotatable bonds is 2. The molecule has 1 aromatic rings. The van der Waals surface area contributed by atoms with Crippen molar-refractivity contribution in [2.75, 3.05) is 12.5 Å². The molecule has 128 valence electrons. The summed E-state index contributed by atoms with van der Waals surface area (Å²) < 4.78 is 9.56. The van der Waals surface area contributed by atoms with Crippen LogP contribution in [0.4, 0.5) is 0 Å². The van der Waals surface area contributed by atoms with E-state index in [-0.39, 0.29) is 11.6 Å². The van der Waals surface area contributed by atoms with Crippen LogP contribution >= 0.6 is 0 Å². The van der Waals surface area contributed by atoms with Crippen LogP contribution in [0.5, 0.6) is 0 Å². The van der Waals surface area contributed by atoms with Gasteiger partial charge in [-0.25, -0.2) is 0 Å². The van der Waals surface area contributed by atoms with Crippen molar-refractivity contribution in [3.63, 3.8) is 0 Å². The van der Waals surface area contributed by atoms with Gasteiger partial charge in [0.1, 0.15) is 11.6 Å². The number of hydrogen-bond acceptors (Lipinski definition) is 3. The normalized spacial score (nSPS) is 8.64. The Morgan fingerprint density at radius 2 is 1.32 bits per heavy atom. The highest BCUT2D eigenvalue weighted by molar-refractivity contribution is 7.83. The zero-order chi connectivity index (χ0) is 18.1. The Kier molecular flexibility index (Phi) is 20.7. The van der Waals surface area contributed by atoms with Crippen LogP contribution in [0.1, 0.15) is 46.6 Å². The molecule has 22 heavy (non-hydrogen) atoms. The maximum Gasteiger partial charge on any atom is 0.130 e. The van der Waals surface area contributed by atoms with Crippen molar-refractivity contribution in [3.8, 4) is 0 Å². The lowest BCUT2D eigenvalue weighted by Crippen LogP contribution is -1.95. The van der Waals surface area contributed by atoms with Gasteiger partial charge in [-0.05, 0) is 33.6 Å². The van der Waals surface area contributed by atoms with E-state index in [0.29, 0.717) is 5.92 Å². The summed E-state index contributed by atoms with van der Waals surface area (Å²) in [7, 11) is -0.611. The predicted molar refractivity (Wildman–Crippen MR) is 97.7 cm³/mol. The average molecular weight is 329 g/mol. The maximum atomic E-state index is 10.3. The predicted octanol–water partition coefficient (Wildman–Crippen LogP) is 4.21. The van der Waals surface area contributed by atoms with E-state index in [2.05, 4.69) is 19.1 Å². The number of carbonyl (C=O) groups is 2. The highest BCUT2D eigenvalue weighted by atomic mass is 32.2. The van der Waals surface area contributed by atoms with E-state index >= 15 is 0 Å². The van der Waals surface area contributed by atoms with Crippen molar-refractivity contribution in [3.05, 3.63) is 35.9 Å². The van der Waals surface area contributed by atoms with Crippen LogP contribution in [0, 0.1) is 12.8 Å². The largest absolute Gasteiger partial charge is 0.300 e. The van der Waals surface area contributed by atoms with Crippen molar-refractivity contribution in [2.24, 2.45) is 5.92 Å². The molecular formula is C18H32O3S. The number of benzene rings is 1. The first-order chi connectivity index (χ1) is 9.98. The Bertz CT molecular complexity index is 392. The topological polar surface area (TPSA) is 51.2 Å². The average Bonchev–Trinajstić information content (AvgIpc) is 2.26. The molecule has 0 aliphatic carbocycles. The molecule has 0 spiro atoms. The van der Waals surface area contributed by atoms with Crippen molar-refractivity contribution >= 4 is 22.4 Å². The molecular weight excluding hydrogens is 296 g/mol. The SMILES string of the molecule is CC(=O)CC(C)C.CC(C)=O.CS(C)=O.Cc1ccccc1. The molecule has 4 heteroatoms. The van der Waals surface area contributed by atoms with Gasteiger partial charge < -0.3 is 9.59 Å². The first kappa shape index (κ1) is 25.7. The van der Waals surface area contributed by atoms with E-state index < -0.39 is 10.8 Å². The highest BCUT2D eigenvalue weighted by Gasteiger charge is 1.95. The summed E-state index contributed by atoms with van der Waals surface area (Å²) in [6, 6.07) is 10.3. The second kappa shape index (κ2) is 17.8. The summed E-state index contributed by atoms with van der Waals surface area (Å²) in [5.74, 6) is 0.979. The summed E-state index contributed by atoms with van der Waals surface area (Å²) in [6.45, 7) is 10.8. The van der Waals surface area contributed by atoms with Gasteiger partial charge in [0.2, 0.25) is 0 Å². The lowest BCUT2D eigenvalue weighted by molar-refractivity contribution is -0.117. The first-order valence-corrected chi connectivity index (χ1v) is 9.18. The van der Waals surface area contributed by atoms with Gasteiger partial charge in [-0.1, -0.05) is 49.7 Å². The molecule has 0 heterocycles. The fourth-order valence-electron chi connectivity index (χ4n) is 1.11. The van der Waals surface area contributed by atoms with Crippen LogP contribution < -0.4 is 0 Å². The first-order valence-electron chi connectivity index (χ1n) is 7.22. The third-order valence-corrected chi connectivity index (χ3v) is 1.64. The molecule has 0 aromatic heterocycles. The minimum atomic E-state index is -0.611. The van der Waals surface area contributed by atoms with Crippen LogP contribution in [0.25, 0.3) is 0 Å². The summed E-state index contributed by atoms with van der Waals surface area (Å²) >= 11 is 0. The third kappa shape index (κ3) is 51.2. The minimum Gasteiger partial charge on any atom is -0.300 e. The second-order valence-corrected chi connectivity index (χ2v) is 7.09. The van der Waals surface area contributed by atoms with Gasteiger partial charge in [0, 0.05) is 29.7 Å². The van der Waals surface area contributed by atoms with Gasteiger partial charge in [-0.15, -0.1) is 0 Å². The van der Waals surface area contributed by atoms with Gasteiger partial charge in [-0.2, -0.15) is 0 Å². The molecule has 0 atom stereocenters. The highest BCUT2D eigenvalue weighted by Crippen LogP contribution is 1.97. The number of carbonyl (C=O) groups excluding carboxylic acids is 2. The molecule has 0 aliphatic heterocycles. The Labute approximate surface area is 139 Å². The van der Waals surface area contributed by atoms with Crippen LogP contribution in [-0.2, 0) is 20.4 Å². The molecule has 0 unspecified atom stereocenters. The minimum absolute atomic E-state index is 0.167. The summed E-state index contributed by atoms with van der Waals surface area (Å²) in [4.78, 5) is 19.7. The van der Waals surface area contributed by atoms with Crippen molar-refractivity contribution in [2.45, 2.75) is 48.0 Å². The maximum absolute atomic E-state index is 10.3. The third-order valence-electron chi connectivity index (χ3n) is 1.64. The van der Waals surface area contributed by atoms with Gasteiger partial charge in [0.15, 0.2) is 0 Å². The smallest absolute Gasteiger partial charge is 0.130 e. The zero-order valence-electron chi connectivity index (χ0n) is 15.3. The van der Waals surface area contributed by atoms with Gasteiger partial charge in [0.05, 0.1) is 0 Å². The zero-order valence-corrected chi connectivity index (χ0v) is 16.1. The lowest BCUT2D eigenvalue weighted by Gasteiger charge is -1.95. The molecule has 1 rings (SSSR count). The molecule has 1 aromatic carbocycles.